The van der Waals surface area contributed by atoms with Crippen LogP contribution in [0.4, 0.5) is 11.4 Å². The summed E-state index contributed by atoms with van der Waals surface area (Å²) < 4.78 is 11.5. The number of nitrogens with zero attached hydrogens (tertiary/aromatic N) is 2. The van der Waals surface area contributed by atoms with Crippen molar-refractivity contribution in [3.05, 3.63) is 84.4 Å². The molecule has 3 aromatic carbocycles. The van der Waals surface area contributed by atoms with Crippen molar-refractivity contribution in [2.45, 2.75) is 25.7 Å². The van der Waals surface area contributed by atoms with Gasteiger partial charge >= 0.3 is 0 Å². The summed E-state index contributed by atoms with van der Waals surface area (Å²) in [5, 5.41) is 8.45. The second-order valence-electron chi connectivity index (χ2n) is 6.81. The van der Waals surface area contributed by atoms with Crippen LogP contribution in [-0.4, -0.2) is 13.2 Å². The van der Waals surface area contributed by atoms with Gasteiger partial charge in [-0.2, -0.15) is 10.2 Å². The zero-order valence-electron chi connectivity index (χ0n) is 17.0. The summed E-state index contributed by atoms with van der Waals surface area (Å²) in [6.45, 7) is 1.43. The van der Waals surface area contributed by atoms with Gasteiger partial charge in [0, 0.05) is 5.56 Å². The highest BCUT2D eigenvalue weighted by Crippen LogP contribution is 2.21. The Morgan fingerprint density at radius 3 is 1.63 bits per heavy atom. The van der Waals surface area contributed by atoms with Crippen molar-refractivity contribution in [1.29, 1.82) is 0 Å². The molecule has 0 aliphatic carbocycles. The van der Waals surface area contributed by atoms with Gasteiger partial charge in [0.2, 0.25) is 0 Å². The van der Waals surface area contributed by atoms with E-state index in [0.29, 0.717) is 6.61 Å². The molecule has 152 valence electrons. The van der Waals surface area contributed by atoms with Crippen LogP contribution in [0, 0.1) is 12.3 Å². The van der Waals surface area contributed by atoms with E-state index >= 15 is 0 Å². The van der Waals surface area contributed by atoms with Gasteiger partial charge in [-0.05, 0) is 86.3 Å². The van der Waals surface area contributed by atoms with Crippen LogP contribution in [-0.2, 0) is 0 Å². The fourth-order valence-corrected chi connectivity index (χ4v) is 2.80. The fraction of sp³-hybridized carbons (Fsp3) is 0.231. The number of hydrogen-bond acceptors (Lipinski definition) is 4. The fourth-order valence-electron chi connectivity index (χ4n) is 2.80. The summed E-state index contributed by atoms with van der Waals surface area (Å²) in [7, 11) is 0. The summed E-state index contributed by atoms with van der Waals surface area (Å²) >= 11 is 0. The number of hydrogen-bond donors (Lipinski definition) is 0. The van der Waals surface area contributed by atoms with Gasteiger partial charge in [-0.3, -0.25) is 0 Å². The molecule has 0 radical (unpaired) electrons. The molecule has 0 aromatic heterocycles. The number of terminal acetylenes is 1. The lowest BCUT2D eigenvalue weighted by Crippen LogP contribution is -1.99. The standard InChI is InChI=1S/C26H26N2O2/c1-2-22-12-16-25(17-13-22)29-20-8-3-4-9-21-30-26-18-14-24(15-19-26)28-27-23-10-6-5-7-11-23/h1,5-7,10-19H,3-4,8-9,20-21H2. The zero-order chi connectivity index (χ0) is 20.9. The Labute approximate surface area is 178 Å². The smallest absolute Gasteiger partial charge is 0.119 e. The van der Waals surface area contributed by atoms with Crippen molar-refractivity contribution in [3.63, 3.8) is 0 Å². The Bertz CT molecular complexity index is 943. The predicted molar refractivity (Wildman–Crippen MR) is 121 cm³/mol. The van der Waals surface area contributed by atoms with E-state index in [1.807, 2.05) is 78.9 Å². The first-order valence-electron chi connectivity index (χ1n) is 10.2. The average molecular weight is 399 g/mol. The van der Waals surface area contributed by atoms with Gasteiger partial charge in [0.1, 0.15) is 11.5 Å². The summed E-state index contributed by atoms with van der Waals surface area (Å²) in [4.78, 5) is 0. The number of rotatable bonds is 11. The molecular formula is C26H26N2O2. The summed E-state index contributed by atoms with van der Waals surface area (Å²) in [5.41, 5.74) is 2.51. The quantitative estimate of drug-likeness (QED) is 0.196. The molecule has 0 saturated heterocycles. The van der Waals surface area contributed by atoms with E-state index in [1.165, 1.54) is 0 Å². The summed E-state index contributed by atoms with van der Waals surface area (Å²) in [5.74, 6) is 4.32. The molecule has 0 N–H and O–H groups in total. The number of azo groups is 1. The van der Waals surface area contributed by atoms with Crippen LogP contribution in [0.1, 0.15) is 31.2 Å². The predicted octanol–water partition coefficient (Wildman–Crippen LogP) is 7.10. The molecule has 0 fully saturated rings. The molecule has 30 heavy (non-hydrogen) atoms. The Kier molecular flexibility index (Phi) is 8.51. The largest absolute Gasteiger partial charge is 0.494 e. The molecule has 0 heterocycles. The molecule has 0 amide bonds. The lowest BCUT2D eigenvalue weighted by molar-refractivity contribution is 0.287. The Morgan fingerprint density at radius 1 is 0.600 bits per heavy atom. The van der Waals surface area contributed by atoms with E-state index in [2.05, 4.69) is 16.1 Å². The van der Waals surface area contributed by atoms with Crippen LogP contribution in [0.25, 0.3) is 0 Å². The summed E-state index contributed by atoms with van der Waals surface area (Å²) in [6, 6.07) is 25.0. The molecule has 4 nitrogen and oxygen atoms in total. The topological polar surface area (TPSA) is 43.2 Å². The van der Waals surface area contributed by atoms with Crippen molar-refractivity contribution >= 4 is 11.4 Å². The Hall–Kier alpha value is -3.58. The highest BCUT2D eigenvalue weighted by atomic mass is 16.5. The number of benzene rings is 3. The van der Waals surface area contributed by atoms with Crippen molar-refractivity contribution in [2.75, 3.05) is 13.2 Å². The van der Waals surface area contributed by atoms with Gasteiger partial charge in [-0.25, -0.2) is 0 Å². The van der Waals surface area contributed by atoms with Crippen LogP contribution < -0.4 is 9.47 Å². The number of ether oxygens (including phenoxy) is 2. The second-order valence-corrected chi connectivity index (χ2v) is 6.81. The van der Waals surface area contributed by atoms with Gasteiger partial charge in [0.05, 0.1) is 24.6 Å². The van der Waals surface area contributed by atoms with E-state index in [1.54, 1.807) is 0 Å². The maximum Gasteiger partial charge on any atom is 0.119 e. The minimum Gasteiger partial charge on any atom is -0.494 e. The maximum atomic E-state index is 5.80. The van der Waals surface area contributed by atoms with E-state index < -0.39 is 0 Å². The average Bonchev–Trinajstić information content (AvgIpc) is 2.81. The zero-order valence-corrected chi connectivity index (χ0v) is 17.0. The first kappa shape index (κ1) is 21.1. The first-order chi connectivity index (χ1) is 14.8. The monoisotopic (exact) mass is 398 g/mol. The van der Waals surface area contributed by atoms with Gasteiger partial charge in [0.15, 0.2) is 0 Å². The minimum atomic E-state index is 0.708. The van der Waals surface area contributed by atoms with Gasteiger partial charge in [0.25, 0.3) is 0 Å². The normalized spacial score (nSPS) is 10.6. The Balaban J connectivity index is 1.25. The van der Waals surface area contributed by atoms with E-state index in [4.69, 9.17) is 15.9 Å². The lowest BCUT2D eigenvalue weighted by Gasteiger charge is -2.07. The number of unbranched alkanes of at least 4 members (excludes halogenated alkanes) is 3. The van der Waals surface area contributed by atoms with Crippen molar-refractivity contribution in [1.82, 2.24) is 0 Å². The lowest BCUT2D eigenvalue weighted by atomic mass is 10.2. The van der Waals surface area contributed by atoms with E-state index in [-0.39, 0.29) is 0 Å². The molecule has 0 unspecified atom stereocenters. The van der Waals surface area contributed by atoms with Crippen LogP contribution in [0.2, 0.25) is 0 Å². The van der Waals surface area contributed by atoms with Crippen LogP contribution >= 0.6 is 0 Å². The maximum absolute atomic E-state index is 5.80. The third-order valence-electron chi connectivity index (χ3n) is 4.47. The van der Waals surface area contributed by atoms with Crippen molar-refractivity contribution < 1.29 is 9.47 Å². The molecule has 3 rings (SSSR count). The van der Waals surface area contributed by atoms with Crippen LogP contribution in [0.3, 0.4) is 0 Å². The highest BCUT2D eigenvalue weighted by molar-refractivity contribution is 5.42. The van der Waals surface area contributed by atoms with E-state index in [0.717, 1.165) is 60.7 Å². The molecule has 0 saturated carbocycles. The summed E-state index contributed by atoms with van der Waals surface area (Å²) in [6.07, 6.45) is 9.62. The van der Waals surface area contributed by atoms with Gasteiger partial charge in [-0.1, -0.05) is 24.1 Å². The van der Waals surface area contributed by atoms with Gasteiger partial charge in [-0.15, -0.1) is 6.42 Å². The first-order valence-corrected chi connectivity index (χ1v) is 10.2. The molecule has 0 bridgehead atoms. The Morgan fingerprint density at radius 2 is 1.10 bits per heavy atom. The molecule has 0 spiro atoms. The molecule has 0 aliphatic rings. The second kappa shape index (κ2) is 12.1. The minimum absolute atomic E-state index is 0.708. The highest BCUT2D eigenvalue weighted by Gasteiger charge is 1.97. The molecular weight excluding hydrogens is 372 g/mol. The van der Waals surface area contributed by atoms with Crippen molar-refractivity contribution in [2.24, 2.45) is 10.2 Å². The van der Waals surface area contributed by atoms with Gasteiger partial charge < -0.3 is 9.47 Å². The van der Waals surface area contributed by atoms with Crippen LogP contribution in [0.15, 0.2) is 89.1 Å². The third-order valence-corrected chi connectivity index (χ3v) is 4.47. The molecule has 3 aromatic rings. The molecule has 0 aliphatic heterocycles. The van der Waals surface area contributed by atoms with Crippen LogP contribution in [0.5, 0.6) is 11.5 Å². The van der Waals surface area contributed by atoms with Crippen molar-refractivity contribution in [3.8, 4) is 23.8 Å². The SMILES string of the molecule is C#Cc1ccc(OCCCCCCOc2ccc(N=Nc3ccccc3)cc2)cc1. The molecule has 0 atom stereocenters. The third kappa shape index (κ3) is 7.44. The molecule has 4 heteroatoms. The van der Waals surface area contributed by atoms with E-state index in [9.17, 15) is 0 Å².